The first-order chi connectivity index (χ1) is 9.98. The second-order valence-corrected chi connectivity index (χ2v) is 6.69. The minimum Gasteiger partial charge on any atom is -0.385 e. The van der Waals surface area contributed by atoms with Crippen molar-refractivity contribution in [3.8, 4) is 0 Å². The van der Waals surface area contributed by atoms with Crippen molar-refractivity contribution in [3.63, 3.8) is 0 Å². The van der Waals surface area contributed by atoms with Crippen LogP contribution in [0.25, 0.3) is 5.52 Å². The summed E-state index contributed by atoms with van der Waals surface area (Å²) < 4.78 is 1.84. The molecule has 2 saturated carbocycles. The van der Waals surface area contributed by atoms with Crippen LogP contribution >= 0.6 is 11.6 Å². The molecule has 4 atom stereocenters. The van der Waals surface area contributed by atoms with Crippen molar-refractivity contribution in [2.45, 2.75) is 31.4 Å². The fourth-order valence-electron chi connectivity index (χ4n) is 3.90. The largest absolute Gasteiger partial charge is 0.385 e. The van der Waals surface area contributed by atoms with Crippen molar-refractivity contribution in [2.24, 2.45) is 11.8 Å². The summed E-state index contributed by atoms with van der Waals surface area (Å²) in [5.41, 5.74) is 0.844. The molecular formula is C15H16ClN3O2. The molecule has 0 aromatic carbocycles. The standard InChI is InChI=1S/C15H16ClN3O2/c1-8(20)18-14-10-3-15(21,4-11(10)14)12-2-9(16)6-19-7-17-5-13(12)19/h2,5-7,10-11,14,21H,3-4H2,1H3,(H,18,20)/t10-,11+,14-,15+. The highest BCUT2D eigenvalue weighted by Crippen LogP contribution is 2.60. The van der Waals surface area contributed by atoms with Crippen molar-refractivity contribution in [1.82, 2.24) is 14.7 Å². The van der Waals surface area contributed by atoms with E-state index in [1.807, 2.05) is 10.5 Å². The molecule has 110 valence electrons. The SMILES string of the molecule is CC(=O)N[C@@H]1[C@@H]2C[C@@](O)(c3cc(Cl)cn4cncc34)C[C@@H]21. The molecule has 2 heterocycles. The summed E-state index contributed by atoms with van der Waals surface area (Å²) >= 11 is 6.15. The van der Waals surface area contributed by atoms with Gasteiger partial charge >= 0.3 is 0 Å². The average Bonchev–Trinajstić information content (AvgIpc) is 2.83. The molecule has 2 fully saturated rings. The lowest BCUT2D eigenvalue weighted by Crippen LogP contribution is -2.32. The second kappa shape index (κ2) is 4.21. The van der Waals surface area contributed by atoms with Crippen LogP contribution in [-0.2, 0) is 10.4 Å². The van der Waals surface area contributed by atoms with Gasteiger partial charge in [0, 0.05) is 24.7 Å². The maximum absolute atomic E-state index is 11.1. The van der Waals surface area contributed by atoms with E-state index >= 15 is 0 Å². The van der Waals surface area contributed by atoms with Gasteiger partial charge in [0.05, 0.1) is 28.7 Å². The molecule has 2 aromatic heterocycles. The zero-order chi connectivity index (χ0) is 14.8. The normalized spacial score (nSPS) is 34.0. The van der Waals surface area contributed by atoms with Crippen LogP contribution < -0.4 is 5.32 Å². The molecule has 4 rings (SSSR count). The molecule has 1 amide bonds. The molecular weight excluding hydrogens is 290 g/mol. The van der Waals surface area contributed by atoms with Crippen LogP contribution in [0.15, 0.2) is 24.8 Å². The maximum atomic E-state index is 11.1. The van der Waals surface area contributed by atoms with E-state index in [1.54, 1.807) is 18.7 Å². The molecule has 2 aliphatic rings. The summed E-state index contributed by atoms with van der Waals surface area (Å²) in [5.74, 6) is 0.723. The first-order valence-corrected chi connectivity index (χ1v) is 7.47. The van der Waals surface area contributed by atoms with Gasteiger partial charge in [-0.05, 0) is 30.7 Å². The summed E-state index contributed by atoms with van der Waals surface area (Å²) in [6.07, 6.45) is 6.53. The molecule has 0 spiro atoms. The summed E-state index contributed by atoms with van der Waals surface area (Å²) in [6, 6.07) is 2.05. The molecule has 0 unspecified atom stereocenters. The van der Waals surface area contributed by atoms with Crippen LogP contribution in [0.4, 0.5) is 0 Å². The second-order valence-electron chi connectivity index (χ2n) is 6.25. The Labute approximate surface area is 126 Å². The highest BCUT2D eigenvalue weighted by molar-refractivity contribution is 6.30. The Bertz CT molecular complexity index is 730. The van der Waals surface area contributed by atoms with Gasteiger partial charge in [-0.25, -0.2) is 4.98 Å². The van der Waals surface area contributed by atoms with Crippen molar-refractivity contribution in [2.75, 3.05) is 0 Å². The summed E-state index contributed by atoms with van der Waals surface area (Å²) in [5, 5.41) is 14.6. The Balaban J connectivity index is 1.65. The summed E-state index contributed by atoms with van der Waals surface area (Å²) in [6.45, 7) is 1.53. The molecule has 6 heteroatoms. The van der Waals surface area contributed by atoms with Crippen molar-refractivity contribution in [3.05, 3.63) is 35.4 Å². The van der Waals surface area contributed by atoms with Crippen molar-refractivity contribution >= 4 is 23.0 Å². The quantitative estimate of drug-likeness (QED) is 0.888. The Morgan fingerprint density at radius 1 is 1.52 bits per heavy atom. The van der Waals surface area contributed by atoms with Crippen LogP contribution in [0.1, 0.15) is 25.3 Å². The first-order valence-electron chi connectivity index (χ1n) is 7.09. The highest BCUT2D eigenvalue weighted by Gasteiger charge is 2.62. The molecule has 2 aromatic rings. The number of carbonyl (C=O) groups excluding carboxylic acids is 1. The average molecular weight is 306 g/mol. The summed E-state index contributed by atoms with van der Waals surface area (Å²) in [4.78, 5) is 15.3. The lowest BCUT2D eigenvalue weighted by molar-refractivity contribution is -0.119. The van der Waals surface area contributed by atoms with Crippen molar-refractivity contribution in [1.29, 1.82) is 0 Å². The van der Waals surface area contributed by atoms with Crippen LogP contribution in [0, 0.1) is 11.8 Å². The molecule has 21 heavy (non-hydrogen) atoms. The van der Waals surface area contributed by atoms with Gasteiger partial charge in [-0.15, -0.1) is 0 Å². The Kier molecular flexibility index (Phi) is 2.63. The van der Waals surface area contributed by atoms with Gasteiger partial charge in [0.25, 0.3) is 0 Å². The van der Waals surface area contributed by atoms with Crippen molar-refractivity contribution < 1.29 is 9.90 Å². The number of imidazole rings is 1. The van der Waals surface area contributed by atoms with Crippen LogP contribution in [0.2, 0.25) is 5.02 Å². The lowest BCUT2D eigenvalue weighted by Gasteiger charge is -2.27. The highest BCUT2D eigenvalue weighted by atomic mass is 35.5. The number of nitrogens with one attached hydrogen (secondary N) is 1. The third-order valence-electron chi connectivity index (χ3n) is 4.84. The predicted octanol–water partition coefficient (Wildman–Crippen LogP) is 1.72. The number of pyridine rings is 1. The van der Waals surface area contributed by atoms with E-state index in [9.17, 15) is 9.90 Å². The fourth-order valence-corrected chi connectivity index (χ4v) is 4.12. The van der Waals surface area contributed by atoms with Gasteiger partial charge in [0.1, 0.15) is 0 Å². The van der Waals surface area contributed by atoms with Gasteiger partial charge in [-0.2, -0.15) is 0 Å². The van der Waals surface area contributed by atoms with E-state index in [0.717, 1.165) is 11.1 Å². The van der Waals surface area contributed by atoms with E-state index in [4.69, 9.17) is 11.6 Å². The van der Waals surface area contributed by atoms with E-state index in [-0.39, 0.29) is 11.9 Å². The number of carbonyl (C=O) groups is 1. The molecule has 2 aliphatic carbocycles. The number of hydrogen-bond donors (Lipinski definition) is 2. The summed E-state index contributed by atoms with van der Waals surface area (Å²) in [7, 11) is 0. The monoisotopic (exact) mass is 305 g/mol. The minimum absolute atomic E-state index is 0.00104. The number of rotatable bonds is 2. The predicted molar refractivity (Wildman–Crippen MR) is 77.9 cm³/mol. The Morgan fingerprint density at radius 2 is 2.24 bits per heavy atom. The zero-order valence-electron chi connectivity index (χ0n) is 11.6. The number of hydrogen-bond acceptors (Lipinski definition) is 3. The van der Waals surface area contributed by atoms with Gasteiger partial charge < -0.3 is 14.8 Å². The number of aliphatic hydroxyl groups is 1. The topological polar surface area (TPSA) is 66.6 Å². The third kappa shape index (κ3) is 1.95. The van der Waals surface area contributed by atoms with Crippen LogP contribution in [-0.4, -0.2) is 26.4 Å². The molecule has 0 radical (unpaired) electrons. The zero-order valence-corrected chi connectivity index (χ0v) is 12.3. The minimum atomic E-state index is -0.878. The smallest absolute Gasteiger partial charge is 0.217 e. The molecule has 0 saturated heterocycles. The van der Waals surface area contributed by atoms with Crippen LogP contribution in [0.3, 0.4) is 0 Å². The van der Waals surface area contributed by atoms with Crippen LogP contribution in [0.5, 0.6) is 0 Å². The lowest BCUT2D eigenvalue weighted by atomic mass is 9.88. The number of amides is 1. The van der Waals surface area contributed by atoms with E-state index in [1.165, 1.54) is 6.92 Å². The first kappa shape index (κ1) is 13.1. The number of aromatic nitrogens is 2. The Morgan fingerprint density at radius 3 is 2.90 bits per heavy atom. The number of halogens is 1. The van der Waals surface area contributed by atoms with Gasteiger partial charge in [0.2, 0.25) is 5.91 Å². The van der Waals surface area contributed by atoms with Gasteiger partial charge in [-0.3, -0.25) is 4.79 Å². The number of nitrogens with zero attached hydrogens (tertiary/aromatic N) is 2. The van der Waals surface area contributed by atoms with E-state index in [2.05, 4.69) is 10.3 Å². The van der Waals surface area contributed by atoms with Gasteiger partial charge in [0.15, 0.2) is 0 Å². The molecule has 0 bridgehead atoms. The third-order valence-corrected chi connectivity index (χ3v) is 5.04. The number of fused-ring (bicyclic) bond motifs is 2. The molecule has 2 N–H and O–H groups in total. The maximum Gasteiger partial charge on any atom is 0.217 e. The Hall–Kier alpha value is -1.59. The van der Waals surface area contributed by atoms with Gasteiger partial charge in [-0.1, -0.05) is 11.6 Å². The molecule has 0 aliphatic heterocycles. The molecule has 5 nitrogen and oxygen atoms in total. The van der Waals surface area contributed by atoms with E-state index in [0.29, 0.717) is 29.7 Å². The van der Waals surface area contributed by atoms with E-state index < -0.39 is 5.60 Å². The fraction of sp³-hybridized carbons (Fsp3) is 0.467.